The Kier molecular flexibility index (Phi) is 6.33. The van der Waals surface area contributed by atoms with E-state index in [4.69, 9.17) is 17.3 Å². The van der Waals surface area contributed by atoms with Gasteiger partial charge in [-0.05, 0) is 61.1 Å². The van der Waals surface area contributed by atoms with Crippen LogP contribution in [0.2, 0.25) is 5.02 Å². The number of Topliss-reactive ketones (excluding diaryl/α,β-unsaturated/α-hetero) is 1. The van der Waals surface area contributed by atoms with Crippen molar-refractivity contribution in [1.82, 2.24) is 15.0 Å². The Morgan fingerprint density at radius 2 is 1.87 bits per heavy atom. The van der Waals surface area contributed by atoms with E-state index >= 15 is 0 Å². The molecular formula is C28H26ClFN6O2. The van der Waals surface area contributed by atoms with Crippen molar-refractivity contribution in [1.29, 1.82) is 0 Å². The predicted octanol–water partition coefficient (Wildman–Crippen LogP) is 5.45. The van der Waals surface area contributed by atoms with E-state index in [-0.39, 0.29) is 22.8 Å². The molecule has 0 amide bonds. The molecule has 0 radical (unpaired) electrons. The van der Waals surface area contributed by atoms with E-state index in [9.17, 15) is 14.3 Å². The van der Waals surface area contributed by atoms with Crippen molar-refractivity contribution in [3.8, 4) is 16.9 Å². The maximum atomic E-state index is 14.2. The van der Waals surface area contributed by atoms with Crippen molar-refractivity contribution in [3.63, 3.8) is 0 Å². The lowest BCUT2D eigenvalue weighted by Crippen LogP contribution is -2.43. The van der Waals surface area contributed by atoms with Gasteiger partial charge in [0.05, 0.1) is 39.9 Å². The number of phenolic OH excluding ortho intramolecular Hbond substituents is 1. The predicted molar refractivity (Wildman–Crippen MR) is 146 cm³/mol. The number of fused-ring (bicyclic) bond motifs is 1. The summed E-state index contributed by atoms with van der Waals surface area (Å²) in [7, 11) is 0. The minimum Gasteiger partial charge on any atom is -0.504 e. The van der Waals surface area contributed by atoms with Crippen molar-refractivity contribution in [2.24, 2.45) is 11.7 Å². The highest BCUT2D eigenvalue weighted by molar-refractivity contribution is 6.32. The van der Waals surface area contributed by atoms with Crippen LogP contribution in [0.4, 0.5) is 21.7 Å². The number of hydrogen-bond acceptors (Lipinski definition) is 8. The van der Waals surface area contributed by atoms with Gasteiger partial charge in [-0.3, -0.25) is 9.78 Å². The molecule has 1 saturated carbocycles. The van der Waals surface area contributed by atoms with Crippen LogP contribution in [0.5, 0.6) is 5.75 Å². The van der Waals surface area contributed by atoms with Crippen molar-refractivity contribution < 1.29 is 14.3 Å². The van der Waals surface area contributed by atoms with Crippen molar-refractivity contribution in [3.05, 3.63) is 65.3 Å². The topological polar surface area (TPSA) is 117 Å². The Labute approximate surface area is 223 Å². The zero-order chi connectivity index (χ0) is 26.4. The molecule has 194 valence electrons. The van der Waals surface area contributed by atoms with Gasteiger partial charge in [0, 0.05) is 36.6 Å². The van der Waals surface area contributed by atoms with Gasteiger partial charge >= 0.3 is 0 Å². The molecule has 8 nitrogen and oxygen atoms in total. The molecule has 0 spiro atoms. The van der Waals surface area contributed by atoms with Crippen LogP contribution >= 0.6 is 11.6 Å². The molecule has 6 rings (SSSR count). The molecule has 3 heterocycles. The fraction of sp³-hybridized carbons (Fsp3) is 0.286. The molecule has 4 aromatic rings. The summed E-state index contributed by atoms with van der Waals surface area (Å²) < 4.78 is 14.2. The Balaban J connectivity index is 1.40. The second kappa shape index (κ2) is 9.81. The first kappa shape index (κ1) is 24.5. The lowest BCUT2D eigenvalue weighted by Gasteiger charge is -2.30. The number of nitrogens with one attached hydrogen (secondary N) is 1. The van der Waals surface area contributed by atoms with Crippen LogP contribution in [0.1, 0.15) is 36.0 Å². The molecule has 2 aromatic carbocycles. The molecule has 2 aromatic heterocycles. The fourth-order valence-corrected chi connectivity index (χ4v) is 5.08. The number of carbonyl (C=O) groups excluding carboxylic acids is 1. The normalized spacial score (nSPS) is 17.6. The summed E-state index contributed by atoms with van der Waals surface area (Å²) in [4.78, 5) is 28.9. The van der Waals surface area contributed by atoms with Crippen LogP contribution in [-0.4, -0.2) is 45.0 Å². The summed E-state index contributed by atoms with van der Waals surface area (Å²) in [5.74, 6) is -0.759. The van der Waals surface area contributed by atoms with Gasteiger partial charge < -0.3 is 21.1 Å². The summed E-state index contributed by atoms with van der Waals surface area (Å²) in [6, 6.07) is 8.27. The Morgan fingerprint density at radius 3 is 2.58 bits per heavy atom. The third-order valence-corrected chi connectivity index (χ3v) is 7.37. The number of piperidine rings is 1. The van der Waals surface area contributed by atoms with Crippen LogP contribution in [0.25, 0.3) is 22.0 Å². The zero-order valence-corrected chi connectivity index (χ0v) is 21.2. The number of anilines is 3. The first-order chi connectivity index (χ1) is 18.4. The smallest absolute Gasteiger partial charge is 0.225 e. The molecule has 0 bridgehead atoms. The number of nitrogens with zero attached hydrogens (tertiary/aromatic N) is 4. The van der Waals surface area contributed by atoms with Gasteiger partial charge in [0.25, 0.3) is 0 Å². The summed E-state index contributed by atoms with van der Waals surface area (Å²) in [5.41, 5.74) is 9.62. The average molecular weight is 533 g/mol. The number of benzene rings is 2. The Bertz CT molecular complexity index is 1520. The standard InChI is InChI=1S/C28H26ClFN6O2/c29-22-9-17(10-23(30)27(22)38)16-5-6-24-20(8-16)25(21(13-32-24)26(37)15-3-4-15)35-19-11-33-28(34-12-19)36-7-1-2-18(31)14-36/h5-6,8-13,15,18,38H,1-4,7,14,31H2,(H,32,35). The Hall–Kier alpha value is -3.82. The molecule has 4 N–H and O–H groups in total. The molecule has 1 atom stereocenters. The number of hydrogen-bond donors (Lipinski definition) is 3. The van der Waals surface area contributed by atoms with Crippen LogP contribution in [0.3, 0.4) is 0 Å². The molecule has 1 aliphatic carbocycles. The maximum Gasteiger partial charge on any atom is 0.225 e. The monoisotopic (exact) mass is 532 g/mol. The number of pyridine rings is 1. The largest absolute Gasteiger partial charge is 0.504 e. The second-order valence-electron chi connectivity index (χ2n) is 9.95. The number of ketones is 1. The van der Waals surface area contributed by atoms with Crippen LogP contribution in [-0.2, 0) is 0 Å². The van der Waals surface area contributed by atoms with Gasteiger partial charge in [-0.2, -0.15) is 0 Å². The lowest BCUT2D eigenvalue weighted by molar-refractivity contribution is 0.0968. The van der Waals surface area contributed by atoms with Crippen molar-refractivity contribution >= 4 is 45.6 Å². The molecule has 1 aliphatic heterocycles. The van der Waals surface area contributed by atoms with Gasteiger partial charge in [-0.15, -0.1) is 0 Å². The molecule has 10 heteroatoms. The number of aromatic nitrogens is 3. The van der Waals surface area contributed by atoms with Gasteiger partial charge in [-0.25, -0.2) is 14.4 Å². The number of phenols is 1. The second-order valence-corrected chi connectivity index (χ2v) is 10.4. The molecule has 1 unspecified atom stereocenters. The third kappa shape index (κ3) is 4.75. The van der Waals surface area contributed by atoms with E-state index in [2.05, 4.69) is 25.2 Å². The van der Waals surface area contributed by atoms with Gasteiger partial charge in [0.15, 0.2) is 17.3 Å². The molecular weight excluding hydrogens is 507 g/mol. The quantitative estimate of drug-likeness (QED) is 0.280. The van der Waals surface area contributed by atoms with E-state index in [0.717, 1.165) is 32.2 Å². The van der Waals surface area contributed by atoms with Crippen molar-refractivity contribution in [2.45, 2.75) is 31.7 Å². The number of aromatic hydroxyl groups is 1. The molecule has 1 saturated heterocycles. The van der Waals surface area contributed by atoms with Crippen LogP contribution < -0.4 is 16.0 Å². The zero-order valence-electron chi connectivity index (χ0n) is 20.5. The van der Waals surface area contributed by atoms with E-state index in [1.807, 2.05) is 6.07 Å². The third-order valence-electron chi connectivity index (χ3n) is 7.08. The van der Waals surface area contributed by atoms with E-state index in [0.29, 0.717) is 51.5 Å². The number of halogens is 2. The van der Waals surface area contributed by atoms with E-state index < -0.39 is 11.6 Å². The van der Waals surface area contributed by atoms with Crippen LogP contribution in [0, 0.1) is 11.7 Å². The fourth-order valence-electron chi connectivity index (χ4n) is 4.88. The minimum atomic E-state index is -0.811. The molecule has 38 heavy (non-hydrogen) atoms. The van der Waals surface area contributed by atoms with E-state index in [1.165, 1.54) is 12.1 Å². The minimum absolute atomic E-state index is 0.00933. The number of rotatable bonds is 6. The number of nitrogens with two attached hydrogens (primary N) is 1. The molecule has 2 fully saturated rings. The number of carbonyl (C=O) groups is 1. The summed E-state index contributed by atoms with van der Waals surface area (Å²) >= 11 is 6.03. The summed E-state index contributed by atoms with van der Waals surface area (Å²) in [6.07, 6.45) is 8.70. The highest BCUT2D eigenvalue weighted by Gasteiger charge is 2.32. The Morgan fingerprint density at radius 1 is 1.08 bits per heavy atom. The summed E-state index contributed by atoms with van der Waals surface area (Å²) in [6.45, 7) is 1.58. The highest BCUT2D eigenvalue weighted by Crippen LogP contribution is 2.39. The first-order valence-electron chi connectivity index (χ1n) is 12.6. The summed E-state index contributed by atoms with van der Waals surface area (Å²) in [5, 5.41) is 13.7. The highest BCUT2D eigenvalue weighted by atomic mass is 35.5. The SMILES string of the molecule is NC1CCCN(c2ncc(Nc3c(C(=O)C4CC4)cnc4ccc(-c5cc(F)c(O)c(Cl)c5)cc34)cn2)C1. The van der Waals surface area contributed by atoms with Crippen molar-refractivity contribution in [2.75, 3.05) is 23.3 Å². The first-order valence-corrected chi connectivity index (χ1v) is 13.0. The van der Waals surface area contributed by atoms with E-state index in [1.54, 1.807) is 30.7 Å². The average Bonchev–Trinajstić information content (AvgIpc) is 3.77. The maximum absolute atomic E-state index is 14.2. The van der Waals surface area contributed by atoms with Gasteiger partial charge in [0.2, 0.25) is 5.95 Å². The molecule has 2 aliphatic rings. The lowest BCUT2D eigenvalue weighted by atomic mass is 9.99. The van der Waals surface area contributed by atoms with Crippen LogP contribution in [0.15, 0.2) is 48.9 Å². The van der Waals surface area contributed by atoms with Gasteiger partial charge in [0.1, 0.15) is 0 Å². The van der Waals surface area contributed by atoms with Gasteiger partial charge in [-0.1, -0.05) is 17.7 Å².